The van der Waals surface area contributed by atoms with Crippen molar-refractivity contribution in [1.82, 2.24) is 29.5 Å². The molecule has 184 valence electrons. The maximum atomic E-state index is 14.5. The summed E-state index contributed by atoms with van der Waals surface area (Å²) in [4.78, 5) is 24.8. The quantitative estimate of drug-likeness (QED) is 0.555. The van der Waals surface area contributed by atoms with Gasteiger partial charge >= 0.3 is 0 Å². The van der Waals surface area contributed by atoms with Gasteiger partial charge in [-0.15, -0.1) is 0 Å². The number of hydrogen-bond donors (Lipinski definition) is 0. The van der Waals surface area contributed by atoms with Crippen LogP contribution in [0.15, 0.2) is 30.6 Å². The van der Waals surface area contributed by atoms with E-state index in [2.05, 4.69) is 21.8 Å². The SMILES string of the molecule is COc1ncc(-n2nc(-c3ccnc(C(C)N4CCN(C)C(=O)C4)c3)c3c2CCOCC3)cc1F. The molecule has 10 heteroatoms. The van der Waals surface area contributed by atoms with Gasteiger partial charge in [-0.05, 0) is 25.5 Å². The number of likely N-dealkylation sites (N-methyl/N-ethyl adjacent to an activating group) is 1. The summed E-state index contributed by atoms with van der Waals surface area (Å²) in [7, 11) is 3.22. The molecule has 2 aliphatic rings. The Kier molecular flexibility index (Phi) is 6.48. The van der Waals surface area contributed by atoms with Crippen molar-refractivity contribution in [2.45, 2.75) is 25.8 Å². The summed E-state index contributed by atoms with van der Waals surface area (Å²) >= 11 is 0. The Morgan fingerprint density at radius 3 is 2.77 bits per heavy atom. The van der Waals surface area contributed by atoms with Crippen LogP contribution >= 0.6 is 0 Å². The van der Waals surface area contributed by atoms with E-state index >= 15 is 0 Å². The number of halogens is 1. The molecule has 0 aromatic carbocycles. The van der Waals surface area contributed by atoms with Crippen molar-refractivity contribution < 1.29 is 18.7 Å². The Bertz CT molecular complexity index is 1250. The molecule has 9 nitrogen and oxygen atoms in total. The Morgan fingerprint density at radius 2 is 2.00 bits per heavy atom. The number of aromatic nitrogens is 4. The molecule has 5 rings (SSSR count). The fourth-order valence-electron chi connectivity index (χ4n) is 4.70. The number of nitrogens with zero attached hydrogens (tertiary/aromatic N) is 6. The molecule has 3 aromatic heterocycles. The van der Waals surface area contributed by atoms with Crippen LogP contribution in [0.3, 0.4) is 0 Å². The monoisotopic (exact) mass is 480 g/mol. The molecular weight excluding hydrogens is 451 g/mol. The summed E-state index contributed by atoms with van der Waals surface area (Å²) in [5, 5.41) is 4.92. The van der Waals surface area contributed by atoms with Gasteiger partial charge in [-0.2, -0.15) is 5.10 Å². The first-order valence-corrected chi connectivity index (χ1v) is 11.8. The van der Waals surface area contributed by atoms with E-state index in [0.29, 0.717) is 44.8 Å². The van der Waals surface area contributed by atoms with Crippen LogP contribution in [-0.2, 0) is 22.4 Å². The van der Waals surface area contributed by atoms with Crippen molar-refractivity contribution in [1.29, 1.82) is 0 Å². The highest BCUT2D eigenvalue weighted by Gasteiger charge is 2.27. The first kappa shape index (κ1) is 23.4. The minimum Gasteiger partial charge on any atom is -0.479 e. The number of carbonyl (C=O) groups is 1. The Morgan fingerprint density at radius 1 is 1.17 bits per heavy atom. The van der Waals surface area contributed by atoms with Gasteiger partial charge in [-0.3, -0.25) is 14.7 Å². The van der Waals surface area contributed by atoms with Crippen LogP contribution in [0.4, 0.5) is 4.39 Å². The molecule has 3 aromatic rings. The number of fused-ring (bicyclic) bond motifs is 1. The molecular formula is C25H29FN6O3. The third-order valence-corrected chi connectivity index (χ3v) is 6.82. The Hall–Kier alpha value is -3.37. The molecule has 2 aliphatic heterocycles. The van der Waals surface area contributed by atoms with Crippen LogP contribution in [0.1, 0.15) is 29.9 Å². The van der Waals surface area contributed by atoms with E-state index in [-0.39, 0.29) is 17.8 Å². The fourth-order valence-corrected chi connectivity index (χ4v) is 4.70. The predicted octanol–water partition coefficient (Wildman–Crippen LogP) is 2.43. The highest BCUT2D eigenvalue weighted by atomic mass is 19.1. The number of pyridine rings is 2. The Balaban J connectivity index is 1.53. The zero-order valence-electron chi connectivity index (χ0n) is 20.2. The van der Waals surface area contributed by atoms with E-state index in [0.717, 1.165) is 34.8 Å². The van der Waals surface area contributed by atoms with Gasteiger partial charge in [0.1, 0.15) is 0 Å². The van der Waals surface area contributed by atoms with Crippen molar-refractivity contribution in [2.75, 3.05) is 47.0 Å². The van der Waals surface area contributed by atoms with Crippen LogP contribution in [0.5, 0.6) is 5.88 Å². The van der Waals surface area contributed by atoms with Gasteiger partial charge in [0.05, 0.1) is 55.8 Å². The molecule has 35 heavy (non-hydrogen) atoms. The van der Waals surface area contributed by atoms with E-state index in [1.54, 1.807) is 22.0 Å². The van der Waals surface area contributed by atoms with Crippen molar-refractivity contribution in [3.8, 4) is 22.8 Å². The van der Waals surface area contributed by atoms with Crippen molar-refractivity contribution in [3.63, 3.8) is 0 Å². The number of ether oxygens (including phenoxy) is 2. The predicted molar refractivity (Wildman–Crippen MR) is 127 cm³/mol. The number of amides is 1. The number of carbonyl (C=O) groups excluding carboxylic acids is 1. The molecule has 1 atom stereocenters. The first-order chi connectivity index (χ1) is 17.0. The average Bonchev–Trinajstić information content (AvgIpc) is 3.06. The molecule has 1 saturated heterocycles. The molecule has 0 N–H and O–H groups in total. The number of piperazine rings is 1. The van der Waals surface area contributed by atoms with Crippen LogP contribution < -0.4 is 4.74 Å². The normalized spacial score (nSPS) is 17.7. The maximum Gasteiger partial charge on any atom is 0.250 e. The minimum absolute atomic E-state index is 0.0171. The van der Waals surface area contributed by atoms with Crippen LogP contribution in [0.25, 0.3) is 16.9 Å². The lowest BCUT2D eigenvalue weighted by molar-refractivity contribution is -0.135. The molecule has 0 spiro atoms. The molecule has 1 unspecified atom stereocenters. The number of rotatable bonds is 5. The largest absolute Gasteiger partial charge is 0.479 e. The van der Waals surface area contributed by atoms with Gasteiger partial charge in [-0.1, -0.05) is 0 Å². The molecule has 0 radical (unpaired) electrons. The maximum absolute atomic E-state index is 14.5. The highest BCUT2D eigenvalue weighted by Crippen LogP contribution is 2.32. The van der Waals surface area contributed by atoms with Gasteiger partial charge in [0.2, 0.25) is 11.8 Å². The topological polar surface area (TPSA) is 85.6 Å². The molecule has 5 heterocycles. The second-order valence-corrected chi connectivity index (χ2v) is 8.91. The second kappa shape index (κ2) is 9.71. The van der Waals surface area contributed by atoms with E-state index in [9.17, 15) is 9.18 Å². The summed E-state index contributed by atoms with van der Waals surface area (Å²) in [5.41, 5.74) is 5.24. The average molecular weight is 481 g/mol. The lowest BCUT2D eigenvalue weighted by atomic mass is 10.0. The van der Waals surface area contributed by atoms with Gasteiger partial charge in [0.15, 0.2) is 5.82 Å². The highest BCUT2D eigenvalue weighted by molar-refractivity contribution is 5.78. The summed E-state index contributed by atoms with van der Waals surface area (Å²) in [6.45, 7) is 5.11. The fraction of sp³-hybridized carbons (Fsp3) is 0.440. The van der Waals surface area contributed by atoms with Gasteiger partial charge in [-0.25, -0.2) is 14.1 Å². The third kappa shape index (κ3) is 4.51. The molecule has 0 bridgehead atoms. The first-order valence-electron chi connectivity index (χ1n) is 11.8. The second-order valence-electron chi connectivity index (χ2n) is 8.91. The molecule has 0 aliphatic carbocycles. The summed E-state index contributed by atoms with van der Waals surface area (Å²) in [6.07, 6.45) is 4.71. The number of hydrogen-bond acceptors (Lipinski definition) is 7. The third-order valence-electron chi connectivity index (χ3n) is 6.82. The minimum atomic E-state index is -0.539. The van der Waals surface area contributed by atoms with E-state index in [1.807, 2.05) is 19.2 Å². The van der Waals surface area contributed by atoms with Gasteiger partial charge in [0.25, 0.3) is 0 Å². The van der Waals surface area contributed by atoms with Crippen molar-refractivity contribution >= 4 is 5.91 Å². The van der Waals surface area contributed by atoms with Crippen molar-refractivity contribution in [3.05, 3.63) is 53.4 Å². The number of methoxy groups -OCH3 is 1. The van der Waals surface area contributed by atoms with Crippen LogP contribution in [-0.4, -0.2) is 82.5 Å². The lowest BCUT2D eigenvalue weighted by Crippen LogP contribution is -2.49. The zero-order valence-corrected chi connectivity index (χ0v) is 20.2. The summed E-state index contributed by atoms with van der Waals surface area (Å²) in [6, 6.07) is 5.35. The summed E-state index contributed by atoms with van der Waals surface area (Å²) < 4.78 is 26.9. The van der Waals surface area contributed by atoms with E-state index in [4.69, 9.17) is 14.6 Å². The zero-order chi connectivity index (χ0) is 24.5. The molecule has 1 fully saturated rings. The van der Waals surface area contributed by atoms with E-state index in [1.165, 1.54) is 13.2 Å². The summed E-state index contributed by atoms with van der Waals surface area (Å²) in [5.74, 6) is -0.475. The smallest absolute Gasteiger partial charge is 0.250 e. The van der Waals surface area contributed by atoms with Crippen LogP contribution in [0, 0.1) is 5.82 Å². The molecule has 0 saturated carbocycles. The molecule has 1 amide bonds. The van der Waals surface area contributed by atoms with Crippen LogP contribution in [0.2, 0.25) is 0 Å². The van der Waals surface area contributed by atoms with Gasteiger partial charge < -0.3 is 14.4 Å². The van der Waals surface area contributed by atoms with Gasteiger partial charge in [0, 0.05) is 56.0 Å². The Labute approximate surface area is 203 Å². The van der Waals surface area contributed by atoms with Crippen molar-refractivity contribution in [2.24, 2.45) is 0 Å². The standard InChI is InChI=1S/C25H29FN6O3/c1-16(31-9-8-30(2)23(33)15-31)21-12-17(4-7-27-21)24-19-5-10-35-11-6-22(19)32(29-24)18-13-20(26)25(34-3)28-14-18/h4,7,12-14,16H,5-6,8-11,15H2,1-3H3. The lowest BCUT2D eigenvalue weighted by Gasteiger charge is -2.35. The van der Waals surface area contributed by atoms with E-state index < -0.39 is 5.82 Å².